The van der Waals surface area contributed by atoms with Gasteiger partial charge in [-0.3, -0.25) is 14.5 Å². The summed E-state index contributed by atoms with van der Waals surface area (Å²) < 4.78 is 0. The molecule has 1 aliphatic heterocycles. The van der Waals surface area contributed by atoms with E-state index < -0.39 is 0 Å². The number of hydrogen-bond acceptors (Lipinski definition) is 2. The highest BCUT2D eigenvalue weighted by atomic mass is 79.9. The van der Waals surface area contributed by atoms with E-state index in [-0.39, 0.29) is 45.1 Å². The molecule has 2 saturated carbocycles. The Morgan fingerprint density at radius 1 is 1.05 bits per heavy atom. The summed E-state index contributed by atoms with van der Waals surface area (Å²) in [5, 5.41) is 0. The molecule has 2 amide bonds. The zero-order valence-corrected chi connectivity index (χ0v) is 14.7. The van der Waals surface area contributed by atoms with Crippen LogP contribution in [0.1, 0.15) is 12.0 Å². The van der Waals surface area contributed by atoms with Crippen LogP contribution >= 0.6 is 31.9 Å². The highest BCUT2D eigenvalue weighted by Crippen LogP contribution is 2.60. The SMILES string of the molecule is Cc1cccc(N2C(=O)C3C4CC(C(Br)C4Br)C3C2=O)c1. The Morgan fingerprint density at radius 2 is 1.62 bits per heavy atom. The average Bonchev–Trinajstić information content (AvgIpc) is 3.04. The Bertz CT molecular complexity index is 615. The molecule has 1 heterocycles. The first-order chi connectivity index (χ1) is 10.0. The third-order valence-corrected chi connectivity index (χ3v) is 8.45. The van der Waals surface area contributed by atoms with E-state index in [0.717, 1.165) is 17.7 Å². The van der Waals surface area contributed by atoms with E-state index >= 15 is 0 Å². The monoisotopic (exact) mass is 411 g/mol. The van der Waals surface area contributed by atoms with Gasteiger partial charge in [-0.05, 0) is 42.9 Å². The summed E-state index contributed by atoms with van der Waals surface area (Å²) in [6.07, 6.45) is 0.973. The number of amides is 2. The minimum absolute atomic E-state index is 0.00745. The largest absolute Gasteiger partial charge is 0.274 e. The van der Waals surface area contributed by atoms with Crippen LogP contribution in [0, 0.1) is 30.6 Å². The topological polar surface area (TPSA) is 37.4 Å². The molecule has 0 N–H and O–H groups in total. The zero-order chi connectivity index (χ0) is 14.9. The second kappa shape index (κ2) is 4.66. The maximum Gasteiger partial charge on any atom is 0.238 e. The Hall–Kier alpha value is -0.680. The Morgan fingerprint density at radius 3 is 2.14 bits per heavy atom. The van der Waals surface area contributed by atoms with Gasteiger partial charge in [0.1, 0.15) is 0 Å². The lowest BCUT2D eigenvalue weighted by Gasteiger charge is -2.28. The number of imide groups is 1. The van der Waals surface area contributed by atoms with Crippen LogP contribution in [-0.4, -0.2) is 21.5 Å². The summed E-state index contributed by atoms with van der Waals surface area (Å²) in [4.78, 5) is 27.6. The number of aryl methyl sites for hydroxylation is 1. The van der Waals surface area contributed by atoms with Crippen molar-refractivity contribution < 1.29 is 9.59 Å². The van der Waals surface area contributed by atoms with Crippen molar-refractivity contribution in [2.24, 2.45) is 23.7 Å². The van der Waals surface area contributed by atoms with Gasteiger partial charge in [0.25, 0.3) is 0 Å². The number of benzene rings is 1. The maximum atomic E-state index is 12.8. The Balaban J connectivity index is 1.75. The molecule has 6 unspecified atom stereocenters. The van der Waals surface area contributed by atoms with Gasteiger partial charge in [-0.25, -0.2) is 0 Å². The lowest BCUT2D eigenvalue weighted by Crippen LogP contribution is -2.37. The predicted octanol–water partition coefficient (Wildman–Crippen LogP) is 3.28. The van der Waals surface area contributed by atoms with Crippen molar-refractivity contribution in [1.29, 1.82) is 0 Å². The van der Waals surface area contributed by atoms with E-state index in [1.807, 2.05) is 31.2 Å². The van der Waals surface area contributed by atoms with Crippen molar-refractivity contribution >= 4 is 49.4 Å². The quantitative estimate of drug-likeness (QED) is 0.524. The van der Waals surface area contributed by atoms with Gasteiger partial charge >= 0.3 is 0 Å². The van der Waals surface area contributed by atoms with Crippen molar-refractivity contribution in [2.45, 2.75) is 23.0 Å². The van der Waals surface area contributed by atoms with Crippen LogP contribution in [0.25, 0.3) is 0 Å². The molecular weight excluding hydrogens is 398 g/mol. The van der Waals surface area contributed by atoms with Gasteiger partial charge in [0.05, 0.1) is 17.5 Å². The zero-order valence-electron chi connectivity index (χ0n) is 11.5. The number of hydrogen-bond donors (Lipinski definition) is 0. The number of anilines is 1. The Labute approximate surface area is 140 Å². The van der Waals surface area contributed by atoms with Crippen molar-refractivity contribution in [3.05, 3.63) is 29.8 Å². The second-order valence-corrected chi connectivity index (χ2v) is 8.47. The fourth-order valence-electron chi connectivity index (χ4n) is 4.37. The minimum Gasteiger partial charge on any atom is -0.274 e. The van der Waals surface area contributed by atoms with Crippen LogP contribution in [0.4, 0.5) is 5.69 Å². The average molecular weight is 413 g/mol. The van der Waals surface area contributed by atoms with Crippen molar-refractivity contribution in [2.75, 3.05) is 4.90 Å². The molecule has 1 saturated heterocycles. The van der Waals surface area contributed by atoms with Crippen LogP contribution < -0.4 is 4.90 Å². The number of rotatable bonds is 1. The van der Waals surface area contributed by atoms with E-state index in [2.05, 4.69) is 31.9 Å². The minimum atomic E-state index is -0.138. The van der Waals surface area contributed by atoms with E-state index in [4.69, 9.17) is 0 Å². The molecule has 0 spiro atoms. The highest BCUT2D eigenvalue weighted by Gasteiger charge is 2.66. The van der Waals surface area contributed by atoms with Gasteiger partial charge in [0, 0.05) is 9.65 Å². The normalized spacial score (nSPS) is 41.0. The third-order valence-electron chi connectivity index (χ3n) is 5.25. The third kappa shape index (κ3) is 1.76. The van der Waals surface area contributed by atoms with E-state index in [0.29, 0.717) is 0 Å². The van der Waals surface area contributed by atoms with Crippen LogP contribution in [0.15, 0.2) is 24.3 Å². The van der Waals surface area contributed by atoms with Crippen LogP contribution in [0.3, 0.4) is 0 Å². The predicted molar refractivity (Wildman–Crippen MR) is 87.7 cm³/mol. The Kier molecular flexibility index (Phi) is 3.09. The molecule has 1 aromatic rings. The van der Waals surface area contributed by atoms with Crippen molar-refractivity contribution in [3.8, 4) is 0 Å². The van der Waals surface area contributed by atoms with Gasteiger partial charge in [-0.15, -0.1) is 0 Å². The molecule has 0 aromatic heterocycles. The van der Waals surface area contributed by atoms with E-state index in [1.165, 1.54) is 4.90 Å². The number of fused-ring (bicyclic) bond motifs is 5. The summed E-state index contributed by atoms with van der Waals surface area (Å²) in [5.41, 5.74) is 1.78. The summed E-state index contributed by atoms with van der Waals surface area (Å²) >= 11 is 7.41. The standard InChI is InChI=1S/C16H15Br2NO2/c1-7-3-2-4-8(5-7)19-15(20)11-9-6-10(12(11)16(19)21)14(18)13(9)17/h2-5,9-14H,6H2,1H3. The van der Waals surface area contributed by atoms with Crippen molar-refractivity contribution in [3.63, 3.8) is 0 Å². The summed E-state index contributed by atoms with van der Waals surface area (Å²) in [6, 6.07) is 7.63. The number of nitrogens with zero attached hydrogens (tertiary/aromatic N) is 1. The molecule has 3 fully saturated rings. The molecule has 6 atom stereocenters. The van der Waals surface area contributed by atoms with Crippen LogP contribution in [-0.2, 0) is 9.59 Å². The number of carbonyl (C=O) groups is 2. The maximum absolute atomic E-state index is 12.8. The lowest BCUT2D eigenvalue weighted by atomic mass is 9.81. The molecule has 2 bridgehead atoms. The molecule has 21 heavy (non-hydrogen) atoms. The molecule has 1 aromatic carbocycles. The molecule has 3 nitrogen and oxygen atoms in total. The van der Waals surface area contributed by atoms with Gasteiger partial charge in [-0.1, -0.05) is 44.0 Å². The van der Waals surface area contributed by atoms with Crippen LogP contribution in [0.5, 0.6) is 0 Å². The molecule has 2 aliphatic carbocycles. The van der Waals surface area contributed by atoms with Gasteiger partial charge < -0.3 is 0 Å². The fourth-order valence-corrected chi connectivity index (χ4v) is 6.24. The molecule has 0 radical (unpaired) electrons. The van der Waals surface area contributed by atoms with Gasteiger partial charge in [-0.2, -0.15) is 0 Å². The molecule has 4 rings (SSSR count). The molecule has 110 valence electrons. The molecule has 3 aliphatic rings. The second-order valence-electron chi connectivity index (χ2n) is 6.35. The highest BCUT2D eigenvalue weighted by molar-refractivity contribution is 9.12. The first kappa shape index (κ1) is 13.9. The van der Waals surface area contributed by atoms with Gasteiger partial charge in [0.15, 0.2) is 0 Å². The van der Waals surface area contributed by atoms with Crippen molar-refractivity contribution in [1.82, 2.24) is 0 Å². The number of alkyl halides is 2. The van der Waals surface area contributed by atoms with Gasteiger partial charge in [0.2, 0.25) is 11.8 Å². The number of carbonyl (C=O) groups excluding carboxylic acids is 2. The first-order valence-electron chi connectivity index (χ1n) is 7.23. The lowest BCUT2D eigenvalue weighted by molar-refractivity contribution is -0.123. The number of halogens is 2. The smallest absolute Gasteiger partial charge is 0.238 e. The molecular formula is C16H15Br2NO2. The summed E-state index contributed by atoms with van der Waals surface area (Å²) in [6.45, 7) is 1.97. The van der Waals surface area contributed by atoms with E-state index in [1.54, 1.807) is 0 Å². The summed E-state index contributed by atoms with van der Waals surface area (Å²) in [7, 11) is 0. The fraction of sp³-hybridized carbons (Fsp3) is 0.500. The molecule has 5 heteroatoms. The summed E-state index contributed by atoms with van der Waals surface area (Å²) in [5.74, 6) is 0.257. The van der Waals surface area contributed by atoms with Crippen LogP contribution in [0.2, 0.25) is 0 Å². The van der Waals surface area contributed by atoms with E-state index in [9.17, 15) is 9.59 Å². The first-order valence-corrected chi connectivity index (χ1v) is 9.06.